The van der Waals surface area contributed by atoms with Crippen LogP contribution in [0.3, 0.4) is 0 Å². The molecule has 1 aliphatic rings. The van der Waals surface area contributed by atoms with E-state index in [1.165, 1.54) is 5.56 Å². The summed E-state index contributed by atoms with van der Waals surface area (Å²) in [6.07, 6.45) is 5.64. The maximum atomic E-state index is 13.9. The van der Waals surface area contributed by atoms with Crippen molar-refractivity contribution < 1.29 is 24.2 Å². The van der Waals surface area contributed by atoms with E-state index in [9.17, 15) is 14.7 Å². The standard InChI is InChI=1S/C37H47NO5/c1-5-42-33-22-32(23-34(27(33)4)43-6-2)26(3)20-21-29(17-11-10-16-28-14-8-7-9-15-28)35(39)38-37(36(40)41)24-30-18-12-13-19-31(30)25-37/h7-9,12-15,18-19,22-23,26,29H,5-6,10-11,16-17,20-21,24-25H2,1-4H3,(H,38,39)(H,40,41)/t26-,29?/m1/s1. The molecule has 4 rings (SSSR count). The van der Waals surface area contributed by atoms with Gasteiger partial charge >= 0.3 is 5.97 Å². The molecule has 0 aromatic heterocycles. The van der Waals surface area contributed by atoms with Gasteiger partial charge in [-0.25, -0.2) is 4.79 Å². The Balaban J connectivity index is 1.48. The number of rotatable bonds is 16. The molecular weight excluding hydrogens is 538 g/mol. The normalized spacial score (nSPS) is 14.9. The molecular formula is C37H47NO5. The number of hydrogen-bond donors (Lipinski definition) is 2. The van der Waals surface area contributed by atoms with Crippen molar-refractivity contribution in [2.75, 3.05) is 13.2 Å². The number of aliphatic carboxylic acids is 1. The Morgan fingerprint density at radius 2 is 1.44 bits per heavy atom. The molecule has 6 heteroatoms. The molecule has 2 N–H and O–H groups in total. The molecule has 1 aliphatic carbocycles. The van der Waals surface area contributed by atoms with Gasteiger partial charge in [-0.2, -0.15) is 0 Å². The first kappa shape index (κ1) is 32.1. The summed E-state index contributed by atoms with van der Waals surface area (Å²) < 4.78 is 11.8. The van der Waals surface area contributed by atoms with E-state index in [2.05, 4.69) is 48.6 Å². The van der Waals surface area contributed by atoms with E-state index >= 15 is 0 Å². The number of nitrogens with one attached hydrogen (secondary N) is 1. The first-order chi connectivity index (χ1) is 20.8. The Morgan fingerprint density at radius 3 is 2.00 bits per heavy atom. The van der Waals surface area contributed by atoms with Gasteiger partial charge in [0.15, 0.2) is 0 Å². The number of carboxylic acid groups (broad SMARTS) is 1. The van der Waals surface area contributed by atoms with Gasteiger partial charge in [0, 0.05) is 24.3 Å². The van der Waals surface area contributed by atoms with Crippen molar-refractivity contribution in [1.29, 1.82) is 0 Å². The number of carbonyl (C=O) groups is 2. The van der Waals surface area contributed by atoms with E-state index in [0.717, 1.165) is 65.9 Å². The molecule has 230 valence electrons. The van der Waals surface area contributed by atoms with Gasteiger partial charge in [-0.1, -0.05) is 67.9 Å². The first-order valence-corrected chi connectivity index (χ1v) is 15.8. The van der Waals surface area contributed by atoms with Crippen LogP contribution in [-0.2, 0) is 28.9 Å². The van der Waals surface area contributed by atoms with Crippen molar-refractivity contribution in [2.24, 2.45) is 5.92 Å². The lowest BCUT2D eigenvalue weighted by atomic mass is 9.86. The second kappa shape index (κ2) is 15.1. The van der Waals surface area contributed by atoms with Crippen molar-refractivity contribution >= 4 is 11.9 Å². The zero-order valence-corrected chi connectivity index (χ0v) is 26.2. The van der Waals surface area contributed by atoms with Gasteiger partial charge < -0.3 is 19.9 Å². The maximum absolute atomic E-state index is 13.9. The predicted molar refractivity (Wildman–Crippen MR) is 171 cm³/mol. The van der Waals surface area contributed by atoms with Gasteiger partial charge in [0.1, 0.15) is 17.0 Å². The number of hydrogen-bond acceptors (Lipinski definition) is 4. The smallest absolute Gasteiger partial charge is 0.330 e. The summed E-state index contributed by atoms with van der Waals surface area (Å²) in [4.78, 5) is 26.5. The fourth-order valence-electron chi connectivity index (χ4n) is 6.21. The minimum Gasteiger partial charge on any atom is -0.493 e. The van der Waals surface area contributed by atoms with Crippen LogP contribution in [0.25, 0.3) is 0 Å². The average molecular weight is 586 g/mol. The molecule has 3 aromatic carbocycles. The van der Waals surface area contributed by atoms with Crippen LogP contribution in [0.4, 0.5) is 0 Å². The SMILES string of the molecule is CCOc1cc([C@H](C)CCC(CCCCc2ccccc2)C(=O)NC2(C(=O)O)Cc3ccccc3C2)cc(OCC)c1C. The number of carboxylic acids is 1. The molecule has 1 unspecified atom stereocenters. The zero-order chi connectivity index (χ0) is 30.8. The molecule has 0 spiro atoms. The van der Waals surface area contributed by atoms with Crippen molar-refractivity contribution in [1.82, 2.24) is 5.32 Å². The zero-order valence-electron chi connectivity index (χ0n) is 26.2. The van der Waals surface area contributed by atoms with Gasteiger partial charge in [0.2, 0.25) is 5.91 Å². The highest BCUT2D eigenvalue weighted by Gasteiger charge is 2.46. The van der Waals surface area contributed by atoms with Gasteiger partial charge in [0.05, 0.1) is 13.2 Å². The number of benzene rings is 3. The molecule has 0 saturated carbocycles. The Morgan fingerprint density at radius 1 is 0.860 bits per heavy atom. The number of aryl methyl sites for hydroxylation is 1. The number of fused-ring (bicyclic) bond motifs is 1. The topological polar surface area (TPSA) is 84.9 Å². The highest BCUT2D eigenvalue weighted by Crippen LogP contribution is 2.36. The molecule has 0 fully saturated rings. The molecule has 0 radical (unpaired) electrons. The highest BCUT2D eigenvalue weighted by molar-refractivity contribution is 5.89. The van der Waals surface area contributed by atoms with Crippen molar-refractivity contribution in [3.8, 4) is 11.5 Å². The lowest BCUT2D eigenvalue weighted by molar-refractivity contribution is -0.148. The fourth-order valence-corrected chi connectivity index (χ4v) is 6.21. The lowest BCUT2D eigenvalue weighted by Crippen LogP contribution is -2.56. The van der Waals surface area contributed by atoms with E-state index in [1.54, 1.807) is 0 Å². The summed E-state index contributed by atoms with van der Waals surface area (Å²) in [5.41, 5.74) is 4.09. The summed E-state index contributed by atoms with van der Waals surface area (Å²) in [7, 11) is 0. The number of amides is 1. The van der Waals surface area contributed by atoms with Crippen molar-refractivity contribution in [3.63, 3.8) is 0 Å². The fraction of sp³-hybridized carbons (Fsp3) is 0.459. The molecule has 0 bridgehead atoms. The third kappa shape index (κ3) is 8.19. The molecule has 6 nitrogen and oxygen atoms in total. The average Bonchev–Trinajstić information content (AvgIpc) is 3.38. The number of carbonyl (C=O) groups excluding carboxylic acids is 1. The summed E-state index contributed by atoms with van der Waals surface area (Å²) in [5, 5.41) is 13.3. The van der Waals surface area contributed by atoms with Crippen LogP contribution < -0.4 is 14.8 Å². The minimum atomic E-state index is -1.30. The third-order valence-electron chi connectivity index (χ3n) is 8.81. The van der Waals surface area contributed by atoms with Gasteiger partial charge in [0.25, 0.3) is 0 Å². The van der Waals surface area contributed by atoms with E-state index < -0.39 is 11.5 Å². The predicted octanol–water partition coefficient (Wildman–Crippen LogP) is 7.44. The summed E-state index contributed by atoms with van der Waals surface area (Å²) in [5.74, 6) is 0.421. The Kier molecular flexibility index (Phi) is 11.3. The van der Waals surface area contributed by atoms with Crippen LogP contribution in [0.5, 0.6) is 11.5 Å². The minimum absolute atomic E-state index is 0.156. The molecule has 0 heterocycles. The van der Waals surface area contributed by atoms with Crippen LogP contribution in [0.2, 0.25) is 0 Å². The molecule has 3 aromatic rings. The maximum Gasteiger partial charge on any atom is 0.330 e. The first-order valence-electron chi connectivity index (χ1n) is 15.8. The van der Waals surface area contributed by atoms with E-state index in [1.807, 2.05) is 51.1 Å². The van der Waals surface area contributed by atoms with Crippen LogP contribution >= 0.6 is 0 Å². The van der Waals surface area contributed by atoms with E-state index in [0.29, 0.717) is 32.5 Å². The summed E-state index contributed by atoms with van der Waals surface area (Å²) >= 11 is 0. The second-order valence-corrected chi connectivity index (χ2v) is 11.9. The van der Waals surface area contributed by atoms with Gasteiger partial charge in [-0.3, -0.25) is 4.79 Å². The summed E-state index contributed by atoms with van der Waals surface area (Å²) in [6.45, 7) is 9.29. The quantitative estimate of drug-likeness (QED) is 0.171. The Hall–Kier alpha value is -3.80. The molecule has 1 amide bonds. The Labute approximate surface area is 256 Å². The monoisotopic (exact) mass is 585 g/mol. The molecule has 0 saturated heterocycles. The largest absolute Gasteiger partial charge is 0.493 e. The number of unbranched alkanes of at least 4 members (excludes halogenated alkanes) is 1. The highest BCUT2D eigenvalue weighted by atomic mass is 16.5. The Bertz CT molecular complexity index is 1320. The van der Waals surface area contributed by atoms with Crippen LogP contribution in [-0.4, -0.2) is 35.7 Å². The third-order valence-corrected chi connectivity index (χ3v) is 8.81. The summed E-state index contributed by atoms with van der Waals surface area (Å²) in [6, 6.07) is 22.4. The van der Waals surface area contributed by atoms with Crippen molar-refractivity contribution in [3.05, 3.63) is 94.5 Å². The molecule has 43 heavy (non-hydrogen) atoms. The van der Waals surface area contributed by atoms with E-state index in [-0.39, 0.29) is 17.7 Å². The van der Waals surface area contributed by atoms with Gasteiger partial charge in [-0.05, 0) is 93.2 Å². The van der Waals surface area contributed by atoms with Crippen molar-refractivity contribution in [2.45, 2.75) is 90.5 Å². The van der Waals surface area contributed by atoms with Crippen LogP contribution in [0.1, 0.15) is 86.6 Å². The van der Waals surface area contributed by atoms with Gasteiger partial charge in [-0.15, -0.1) is 0 Å². The van der Waals surface area contributed by atoms with Crippen LogP contribution in [0.15, 0.2) is 66.7 Å². The lowest BCUT2D eigenvalue weighted by Gasteiger charge is -2.29. The molecule has 2 atom stereocenters. The second-order valence-electron chi connectivity index (χ2n) is 11.9. The molecule has 0 aliphatic heterocycles. The van der Waals surface area contributed by atoms with E-state index in [4.69, 9.17) is 9.47 Å². The van der Waals surface area contributed by atoms with Crippen LogP contribution in [0, 0.1) is 12.8 Å². The number of ether oxygens (including phenoxy) is 2.